The van der Waals surface area contributed by atoms with Crippen molar-refractivity contribution >= 4 is 17.7 Å². The van der Waals surface area contributed by atoms with E-state index in [1.54, 1.807) is 6.20 Å². The summed E-state index contributed by atoms with van der Waals surface area (Å²) in [6, 6.07) is 1.80. The summed E-state index contributed by atoms with van der Waals surface area (Å²) in [5.74, 6) is -0.207. The molecule has 0 spiro atoms. The zero-order valence-corrected chi connectivity index (χ0v) is 12.8. The van der Waals surface area contributed by atoms with Gasteiger partial charge in [-0.2, -0.15) is 11.8 Å². The molecule has 110 valence electrons. The summed E-state index contributed by atoms with van der Waals surface area (Å²) >= 11 is 1.85. The van der Waals surface area contributed by atoms with E-state index in [2.05, 4.69) is 11.2 Å². The number of carbonyl (C=O) groups is 1. The highest BCUT2D eigenvalue weighted by molar-refractivity contribution is 7.99. The monoisotopic (exact) mass is 296 g/mol. The summed E-state index contributed by atoms with van der Waals surface area (Å²) in [5, 5.41) is 0.555. The van der Waals surface area contributed by atoms with E-state index >= 15 is 0 Å². The Bertz CT molecular complexity index is 469. The van der Waals surface area contributed by atoms with Gasteiger partial charge in [0.1, 0.15) is 5.82 Å². The maximum Gasteiger partial charge on any atom is 0.222 e. The molecule has 0 aromatic carbocycles. The van der Waals surface area contributed by atoms with Gasteiger partial charge < -0.3 is 4.90 Å². The lowest BCUT2D eigenvalue weighted by Crippen LogP contribution is -2.40. The fourth-order valence-corrected chi connectivity index (χ4v) is 3.86. The van der Waals surface area contributed by atoms with E-state index in [1.807, 2.05) is 23.7 Å². The van der Waals surface area contributed by atoms with Crippen molar-refractivity contribution in [2.24, 2.45) is 0 Å². The van der Waals surface area contributed by atoms with Crippen molar-refractivity contribution in [1.82, 2.24) is 9.88 Å². The molecule has 1 heterocycles. The standard InChI is InChI=1S/C15H21FN2OS/c1-18(13-4-3-5-14(13)20-2)15(19)7-6-11-8-12(16)10-17-9-11/h8-10,13-14H,3-7H2,1-2H3. The number of pyridine rings is 1. The first-order valence-electron chi connectivity index (χ1n) is 6.99. The van der Waals surface area contributed by atoms with E-state index in [0.717, 1.165) is 12.0 Å². The number of nitrogens with zero attached hydrogens (tertiary/aromatic N) is 2. The average molecular weight is 296 g/mol. The predicted octanol–water partition coefficient (Wildman–Crippen LogP) is 2.90. The highest BCUT2D eigenvalue weighted by atomic mass is 32.2. The Balaban J connectivity index is 1.88. The van der Waals surface area contributed by atoms with Crippen molar-refractivity contribution in [2.45, 2.75) is 43.4 Å². The Morgan fingerprint density at radius 2 is 2.30 bits per heavy atom. The van der Waals surface area contributed by atoms with Gasteiger partial charge in [0.15, 0.2) is 0 Å². The lowest BCUT2D eigenvalue weighted by Gasteiger charge is -2.29. The van der Waals surface area contributed by atoms with Crippen LogP contribution in [0.2, 0.25) is 0 Å². The van der Waals surface area contributed by atoms with Gasteiger partial charge in [-0.25, -0.2) is 4.39 Å². The van der Waals surface area contributed by atoms with Gasteiger partial charge >= 0.3 is 0 Å². The molecule has 0 radical (unpaired) electrons. The van der Waals surface area contributed by atoms with Gasteiger partial charge in [0.05, 0.1) is 6.20 Å². The Hall–Kier alpha value is -1.10. The molecule has 2 rings (SSSR count). The highest BCUT2D eigenvalue weighted by Gasteiger charge is 2.31. The lowest BCUT2D eigenvalue weighted by molar-refractivity contribution is -0.131. The molecular weight excluding hydrogens is 275 g/mol. The van der Waals surface area contributed by atoms with Crippen LogP contribution in [0.3, 0.4) is 0 Å². The van der Waals surface area contributed by atoms with E-state index in [-0.39, 0.29) is 11.7 Å². The van der Waals surface area contributed by atoms with Crippen LogP contribution in [0.25, 0.3) is 0 Å². The summed E-state index contributed by atoms with van der Waals surface area (Å²) in [6.45, 7) is 0. The molecule has 20 heavy (non-hydrogen) atoms. The molecular formula is C15H21FN2OS. The number of amides is 1. The molecule has 1 amide bonds. The Kier molecular flexibility index (Phi) is 5.40. The summed E-state index contributed by atoms with van der Waals surface area (Å²) in [4.78, 5) is 17.9. The van der Waals surface area contributed by atoms with Crippen LogP contribution in [0, 0.1) is 5.82 Å². The van der Waals surface area contributed by atoms with Crippen molar-refractivity contribution < 1.29 is 9.18 Å². The third kappa shape index (κ3) is 3.72. The number of hydrogen-bond acceptors (Lipinski definition) is 3. The summed E-state index contributed by atoms with van der Waals surface area (Å²) in [7, 11) is 1.89. The van der Waals surface area contributed by atoms with Gasteiger partial charge in [-0.1, -0.05) is 6.42 Å². The van der Waals surface area contributed by atoms with Gasteiger partial charge in [-0.05, 0) is 37.1 Å². The Morgan fingerprint density at radius 3 is 3.00 bits per heavy atom. The first-order valence-corrected chi connectivity index (χ1v) is 8.28. The number of hydrogen-bond donors (Lipinski definition) is 0. The molecule has 2 atom stereocenters. The maximum atomic E-state index is 13.0. The molecule has 1 aliphatic rings. The Labute approximate surface area is 124 Å². The molecule has 0 saturated heterocycles. The van der Waals surface area contributed by atoms with Gasteiger partial charge in [-0.3, -0.25) is 9.78 Å². The van der Waals surface area contributed by atoms with Crippen LogP contribution in [0.15, 0.2) is 18.5 Å². The molecule has 3 nitrogen and oxygen atoms in total. The van der Waals surface area contributed by atoms with E-state index in [4.69, 9.17) is 0 Å². The maximum absolute atomic E-state index is 13.0. The smallest absolute Gasteiger partial charge is 0.222 e. The number of aromatic nitrogens is 1. The fourth-order valence-electron chi connectivity index (χ4n) is 2.83. The van der Waals surface area contributed by atoms with Crippen molar-refractivity contribution in [3.63, 3.8) is 0 Å². The number of carbonyl (C=O) groups excluding carboxylic acids is 1. The minimum atomic E-state index is -0.346. The van der Waals surface area contributed by atoms with Crippen LogP contribution in [0.5, 0.6) is 0 Å². The van der Waals surface area contributed by atoms with Crippen LogP contribution < -0.4 is 0 Å². The zero-order chi connectivity index (χ0) is 14.5. The second-order valence-corrected chi connectivity index (χ2v) is 6.37. The van der Waals surface area contributed by atoms with Crippen molar-refractivity contribution in [2.75, 3.05) is 13.3 Å². The number of aryl methyl sites for hydroxylation is 1. The molecule has 1 aromatic rings. The molecule has 1 fully saturated rings. The van der Waals surface area contributed by atoms with Gasteiger partial charge in [-0.15, -0.1) is 0 Å². The molecule has 0 N–H and O–H groups in total. The van der Waals surface area contributed by atoms with Crippen molar-refractivity contribution in [3.05, 3.63) is 29.8 Å². The first kappa shape index (κ1) is 15.3. The first-order chi connectivity index (χ1) is 9.61. The third-order valence-electron chi connectivity index (χ3n) is 4.00. The predicted molar refractivity (Wildman–Crippen MR) is 80.2 cm³/mol. The summed E-state index contributed by atoms with van der Waals surface area (Å²) < 4.78 is 13.0. The van der Waals surface area contributed by atoms with E-state index in [9.17, 15) is 9.18 Å². The third-order valence-corrected chi connectivity index (χ3v) is 5.16. The Morgan fingerprint density at radius 1 is 1.50 bits per heavy atom. The molecule has 1 aliphatic carbocycles. The molecule has 2 unspecified atom stereocenters. The molecule has 1 saturated carbocycles. The summed E-state index contributed by atoms with van der Waals surface area (Å²) in [5.41, 5.74) is 0.777. The topological polar surface area (TPSA) is 33.2 Å². The number of thioether (sulfide) groups is 1. The van der Waals surface area contributed by atoms with E-state index in [0.29, 0.717) is 24.1 Å². The second-order valence-electron chi connectivity index (χ2n) is 5.29. The average Bonchev–Trinajstić information content (AvgIpc) is 2.92. The van der Waals surface area contributed by atoms with E-state index < -0.39 is 0 Å². The fraction of sp³-hybridized carbons (Fsp3) is 0.600. The van der Waals surface area contributed by atoms with Crippen molar-refractivity contribution in [1.29, 1.82) is 0 Å². The van der Waals surface area contributed by atoms with Crippen LogP contribution in [-0.4, -0.2) is 40.4 Å². The van der Waals surface area contributed by atoms with Crippen molar-refractivity contribution in [3.8, 4) is 0 Å². The van der Waals surface area contributed by atoms with Gasteiger partial charge in [0.2, 0.25) is 5.91 Å². The quantitative estimate of drug-likeness (QED) is 0.837. The van der Waals surface area contributed by atoms with Gasteiger partial charge in [0, 0.05) is 31.0 Å². The SMILES string of the molecule is CSC1CCCC1N(C)C(=O)CCc1cncc(F)c1. The highest BCUT2D eigenvalue weighted by Crippen LogP contribution is 2.31. The zero-order valence-electron chi connectivity index (χ0n) is 12.0. The minimum absolute atomic E-state index is 0.139. The minimum Gasteiger partial charge on any atom is -0.342 e. The molecule has 5 heteroatoms. The van der Waals surface area contributed by atoms with Crippen LogP contribution in [0.4, 0.5) is 4.39 Å². The lowest BCUT2D eigenvalue weighted by atomic mass is 10.1. The largest absolute Gasteiger partial charge is 0.342 e. The number of halogens is 1. The second kappa shape index (κ2) is 7.07. The molecule has 0 aliphatic heterocycles. The molecule has 0 bridgehead atoms. The number of rotatable bonds is 5. The normalized spacial score (nSPS) is 21.9. The molecule has 1 aromatic heterocycles. The van der Waals surface area contributed by atoms with Gasteiger partial charge in [0.25, 0.3) is 0 Å². The summed E-state index contributed by atoms with van der Waals surface area (Å²) in [6.07, 6.45) is 9.35. The van der Waals surface area contributed by atoms with Crippen LogP contribution in [0.1, 0.15) is 31.2 Å². The van der Waals surface area contributed by atoms with Crippen LogP contribution >= 0.6 is 11.8 Å². The van der Waals surface area contributed by atoms with E-state index in [1.165, 1.54) is 25.1 Å². The van der Waals surface area contributed by atoms with Crippen LogP contribution in [-0.2, 0) is 11.2 Å².